The van der Waals surface area contributed by atoms with E-state index in [2.05, 4.69) is 6.92 Å². The van der Waals surface area contributed by atoms with Crippen molar-refractivity contribution < 1.29 is 19.8 Å². The molecule has 0 heterocycles. The zero-order chi connectivity index (χ0) is 16.8. The molecule has 23 heavy (non-hydrogen) atoms. The predicted molar refractivity (Wildman–Crippen MR) is 97.6 cm³/mol. The summed E-state index contributed by atoms with van der Waals surface area (Å²) in [7, 11) is 0. The molecule has 0 aromatic carbocycles. The number of carbonyl (C=O) groups is 2. The fourth-order valence-electron chi connectivity index (χ4n) is 2.99. The van der Waals surface area contributed by atoms with Gasteiger partial charge in [0.05, 0.1) is 0 Å². The van der Waals surface area contributed by atoms with E-state index in [1.165, 1.54) is 44.9 Å². The molecule has 4 nitrogen and oxygen atoms in total. The molecule has 0 aromatic rings. The number of hydrogen-bond donors (Lipinski definition) is 2. The second kappa shape index (κ2) is 15.7. The molecule has 0 aliphatic heterocycles. The molecular weight excluding hydrogens is 320 g/mol. The number of unbranched alkanes of at least 4 members (excludes halogenated alkanes) is 9. The molecule has 0 atom stereocenters. The second-order valence-corrected chi connectivity index (χ2v) is 6.37. The molecule has 0 unspecified atom stereocenters. The van der Waals surface area contributed by atoms with Crippen LogP contribution in [0.3, 0.4) is 0 Å². The molecule has 2 N–H and O–H groups in total. The summed E-state index contributed by atoms with van der Waals surface area (Å²) in [5.74, 6) is -2.37. The zero-order valence-corrected chi connectivity index (χ0v) is 14.4. The number of carboxylic acid groups (broad SMARTS) is 2. The third kappa shape index (κ3) is 10.6. The van der Waals surface area contributed by atoms with Crippen LogP contribution in [-0.4, -0.2) is 59.9 Å². The molecule has 0 saturated carbocycles. The second-order valence-electron chi connectivity index (χ2n) is 6.37. The minimum atomic E-state index is -1.57. The Morgan fingerprint density at radius 3 is 1.39 bits per heavy atom. The fraction of sp³-hybridized carbons (Fsp3) is 0.889. The monoisotopic (exact) mass is 356 g/mol. The normalized spacial score (nSPS) is 11.0. The van der Waals surface area contributed by atoms with Crippen molar-refractivity contribution in [2.45, 2.75) is 97.3 Å². The van der Waals surface area contributed by atoms with E-state index in [9.17, 15) is 19.8 Å². The molecule has 134 valence electrons. The van der Waals surface area contributed by atoms with Gasteiger partial charge in [-0.1, -0.05) is 84.5 Å². The topological polar surface area (TPSA) is 74.6 Å². The summed E-state index contributed by atoms with van der Waals surface area (Å²) in [5.41, 5.74) is -1.57. The van der Waals surface area contributed by atoms with Crippen molar-refractivity contribution in [2.75, 3.05) is 0 Å². The molecule has 0 bridgehead atoms. The van der Waals surface area contributed by atoms with Gasteiger partial charge in [-0.05, 0) is 12.8 Å². The number of aliphatic carboxylic acids is 2. The van der Waals surface area contributed by atoms with Crippen LogP contribution >= 0.6 is 0 Å². The van der Waals surface area contributed by atoms with E-state index in [4.69, 9.17) is 0 Å². The molecule has 0 amide bonds. The molecule has 0 fully saturated rings. The van der Waals surface area contributed by atoms with Crippen LogP contribution in [-0.2, 0) is 9.59 Å². The Labute approximate surface area is 171 Å². The Kier molecular flexibility index (Phi) is 17.4. The maximum absolute atomic E-state index is 11.4. The first-order valence-corrected chi connectivity index (χ1v) is 8.98. The van der Waals surface area contributed by atoms with Gasteiger partial charge < -0.3 is 10.2 Å². The Bertz CT molecular complexity index is 304. The third-order valence-electron chi connectivity index (χ3n) is 4.45. The number of hydrogen-bond acceptors (Lipinski definition) is 2. The van der Waals surface area contributed by atoms with Crippen LogP contribution in [0.15, 0.2) is 0 Å². The minimum absolute atomic E-state index is 0. The van der Waals surface area contributed by atoms with E-state index in [1.807, 2.05) is 6.92 Å². The SMILES string of the molecule is CCCCCCCCCCCCC(CCC)(C(=O)O)C(=O)O.[CaH2]. The summed E-state index contributed by atoms with van der Waals surface area (Å²) in [6.45, 7) is 4.05. The Morgan fingerprint density at radius 2 is 1.04 bits per heavy atom. The fourth-order valence-corrected chi connectivity index (χ4v) is 2.99. The van der Waals surface area contributed by atoms with Crippen LogP contribution in [0.25, 0.3) is 0 Å². The van der Waals surface area contributed by atoms with Gasteiger partial charge in [-0.2, -0.15) is 0 Å². The Hall–Kier alpha value is 0.200. The van der Waals surface area contributed by atoms with E-state index in [0.717, 1.165) is 12.8 Å². The van der Waals surface area contributed by atoms with Crippen molar-refractivity contribution in [3.05, 3.63) is 0 Å². The predicted octanol–water partition coefficient (Wildman–Crippen LogP) is 4.34. The third-order valence-corrected chi connectivity index (χ3v) is 4.45. The van der Waals surface area contributed by atoms with E-state index >= 15 is 0 Å². The Balaban J connectivity index is 0. The van der Waals surface area contributed by atoms with Crippen molar-refractivity contribution in [1.82, 2.24) is 0 Å². The van der Waals surface area contributed by atoms with Gasteiger partial charge in [-0.15, -0.1) is 0 Å². The van der Waals surface area contributed by atoms with Gasteiger partial charge in [0, 0.05) is 0 Å². The van der Waals surface area contributed by atoms with E-state index in [-0.39, 0.29) is 50.6 Å². The maximum atomic E-state index is 11.4. The summed E-state index contributed by atoms with van der Waals surface area (Å²) in [4.78, 5) is 22.7. The molecular formula is C18H36CaO4. The van der Waals surface area contributed by atoms with Gasteiger partial charge in [0.25, 0.3) is 0 Å². The van der Waals surface area contributed by atoms with E-state index < -0.39 is 17.4 Å². The van der Waals surface area contributed by atoms with Crippen LogP contribution in [0, 0.1) is 5.41 Å². The van der Waals surface area contributed by atoms with Gasteiger partial charge in [0.1, 0.15) is 0 Å². The molecule has 0 aliphatic carbocycles. The zero-order valence-electron chi connectivity index (χ0n) is 14.4. The standard InChI is InChI=1S/C18H34O4.Ca.2H/c1-3-5-6-7-8-9-10-11-12-13-15-18(14-4-2,16(19)20)17(21)22;;;/h3-15H2,1-2H3,(H,19,20)(H,21,22);;;. The van der Waals surface area contributed by atoms with Crippen molar-refractivity contribution in [1.29, 1.82) is 0 Å². The molecule has 0 aliphatic rings. The van der Waals surface area contributed by atoms with Crippen molar-refractivity contribution in [3.8, 4) is 0 Å². The molecule has 0 radical (unpaired) electrons. The first-order valence-electron chi connectivity index (χ1n) is 8.98. The summed E-state index contributed by atoms with van der Waals surface area (Å²) in [6, 6.07) is 0. The molecule has 0 rings (SSSR count). The number of rotatable bonds is 15. The summed E-state index contributed by atoms with van der Waals surface area (Å²) in [5, 5.41) is 18.6. The van der Waals surface area contributed by atoms with Gasteiger partial charge in [0.15, 0.2) is 5.41 Å². The van der Waals surface area contributed by atoms with E-state index in [0.29, 0.717) is 12.8 Å². The number of carboxylic acids is 2. The van der Waals surface area contributed by atoms with Crippen LogP contribution < -0.4 is 0 Å². The average Bonchev–Trinajstić information content (AvgIpc) is 2.47. The van der Waals surface area contributed by atoms with Crippen molar-refractivity contribution in [2.24, 2.45) is 5.41 Å². The average molecular weight is 357 g/mol. The van der Waals surface area contributed by atoms with Gasteiger partial charge in [-0.3, -0.25) is 9.59 Å². The Morgan fingerprint density at radius 1 is 0.652 bits per heavy atom. The molecule has 5 heteroatoms. The first-order chi connectivity index (χ1) is 10.5. The summed E-state index contributed by atoms with van der Waals surface area (Å²) < 4.78 is 0. The van der Waals surface area contributed by atoms with Crippen molar-refractivity contribution >= 4 is 49.7 Å². The van der Waals surface area contributed by atoms with Gasteiger partial charge in [-0.25, -0.2) is 0 Å². The van der Waals surface area contributed by atoms with Crippen LogP contribution in [0.2, 0.25) is 0 Å². The molecule has 0 saturated heterocycles. The molecule has 0 spiro atoms. The van der Waals surface area contributed by atoms with Crippen LogP contribution in [0.4, 0.5) is 0 Å². The van der Waals surface area contributed by atoms with Gasteiger partial charge >= 0.3 is 49.7 Å². The van der Waals surface area contributed by atoms with Crippen molar-refractivity contribution in [3.63, 3.8) is 0 Å². The quantitative estimate of drug-likeness (QED) is 0.260. The first kappa shape index (κ1) is 25.4. The van der Waals surface area contributed by atoms with Gasteiger partial charge in [0.2, 0.25) is 0 Å². The molecule has 0 aromatic heterocycles. The van der Waals surface area contributed by atoms with Crippen LogP contribution in [0.5, 0.6) is 0 Å². The summed E-state index contributed by atoms with van der Waals surface area (Å²) in [6.07, 6.45) is 12.7. The summed E-state index contributed by atoms with van der Waals surface area (Å²) >= 11 is 0. The van der Waals surface area contributed by atoms with Crippen LogP contribution in [0.1, 0.15) is 97.3 Å². The van der Waals surface area contributed by atoms with E-state index in [1.54, 1.807) is 0 Å².